The first-order valence-electron chi connectivity index (χ1n) is 10.6. The topological polar surface area (TPSA) is 137 Å². The van der Waals surface area contributed by atoms with Gasteiger partial charge < -0.3 is 24.6 Å². The smallest absolute Gasteiger partial charge is 0.255 e. The second kappa shape index (κ2) is 10.8. The monoisotopic (exact) mass is 511 g/mol. The lowest BCUT2D eigenvalue weighted by molar-refractivity contribution is 0.0239. The van der Waals surface area contributed by atoms with E-state index in [2.05, 4.69) is 15.3 Å². The molecule has 186 valence electrons. The number of nitrogens with zero attached hydrogens (tertiary/aromatic N) is 2. The molecule has 34 heavy (non-hydrogen) atoms. The van der Waals surface area contributed by atoms with Gasteiger partial charge in [-0.05, 0) is 31.9 Å². The molecule has 1 heterocycles. The predicted molar refractivity (Wildman–Crippen MR) is 127 cm³/mol. The van der Waals surface area contributed by atoms with Crippen molar-refractivity contribution in [2.24, 2.45) is 0 Å². The average Bonchev–Trinajstić information content (AvgIpc) is 3.67. The first-order chi connectivity index (χ1) is 16.1. The SMILES string of the molecule is COc1cc(OC)nc(SC(CNC(=O)c2ccccc2O)C(C)(CS(=O)(=O)C2CC2)OC)n1. The van der Waals surface area contributed by atoms with Crippen LogP contribution in [-0.4, -0.2) is 79.1 Å². The third-order valence-electron chi connectivity index (χ3n) is 5.59. The molecule has 10 nitrogen and oxygen atoms in total. The number of ether oxygens (including phenoxy) is 3. The third-order valence-corrected chi connectivity index (χ3v) is 9.39. The zero-order valence-corrected chi connectivity index (χ0v) is 21.1. The highest BCUT2D eigenvalue weighted by Crippen LogP contribution is 2.37. The van der Waals surface area contributed by atoms with Gasteiger partial charge in [0.2, 0.25) is 11.8 Å². The number of phenolic OH excluding ortho intramolecular Hbond substituents is 1. The van der Waals surface area contributed by atoms with Crippen molar-refractivity contribution in [2.75, 3.05) is 33.6 Å². The van der Waals surface area contributed by atoms with Gasteiger partial charge in [-0.2, -0.15) is 9.97 Å². The number of hydrogen-bond acceptors (Lipinski definition) is 10. The second-order valence-electron chi connectivity index (χ2n) is 8.09. The highest BCUT2D eigenvalue weighted by molar-refractivity contribution is 8.00. The summed E-state index contributed by atoms with van der Waals surface area (Å²) in [5.74, 6) is -0.341. The number of sulfone groups is 1. The first kappa shape index (κ1) is 26.0. The third kappa shape index (κ3) is 6.30. The maximum absolute atomic E-state index is 12.8. The van der Waals surface area contributed by atoms with Crippen molar-refractivity contribution >= 4 is 27.5 Å². The molecular weight excluding hydrogens is 482 g/mol. The van der Waals surface area contributed by atoms with Crippen LogP contribution in [0.15, 0.2) is 35.5 Å². The lowest BCUT2D eigenvalue weighted by Gasteiger charge is -2.35. The number of rotatable bonds is 12. The number of benzene rings is 1. The summed E-state index contributed by atoms with van der Waals surface area (Å²) in [5.41, 5.74) is -1.08. The van der Waals surface area contributed by atoms with E-state index in [1.165, 1.54) is 39.5 Å². The van der Waals surface area contributed by atoms with Gasteiger partial charge in [-0.1, -0.05) is 23.9 Å². The molecule has 1 amide bonds. The van der Waals surface area contributed by atoms with Crippen LogP contribution >= 0.6 is 11.8 Å². The van der Waals surface area contributed by atoms with E-state index in [9.17, 15) is 18.3 Å². The number of nitrogens with one attached hydrogen (secondary N) is 1. The van der Waals surface area contributed by atoms with Crippen molar-refractivity contribution in [3.05, 3.63) is 35.9 Å². The molecule has 12 heteroatoms. The van der Waals surface area contributed by atoms with E-state index >= 15 is 0 Å². The van der Waals surface area contributed by atoms with Gasteiger partial charge in [0, 0.05) is 13.7 Å². The Hall–Kier alpha value is -2.57. The molecule has 2 aromatic rings. The number of carbonyl (C=O) groups excluding carboxylic acids is 1. The Balaban J connectivity index is 1.90. The standard InChI is InChI=1S/C22H29N3O7S2/c1-22(32-4,13-34(28,29)14-9-10-14)17(12-23-20(27)15-7-5-6-8-16(15)26)33-21-24-18(30-2)11-19(25-21)31-3/h5-8,11,14,17,26H,9-10,12-13H2,1-4H3,(H,23,27). The van der Waals surface area contributed by atoms with Gasteiger partial charge in [0.15, 0.2) is 15.0 Å². The van der Waals surface area contributed by atoms with E-state index < -0.39 is 26.6 Å². The molecule has 0 radical (unpaired) electrons. The van der Waals surface area contributed by atoms with Crippen molar-refractivity contribution in [3.8, 4) is 17.5 Å². The van der Waals surface area contributed by atoms with E-state index in [1.54, 1.807) is 19.1 Å². The van der Waals surface area contributed by atoms with Crippen LogP contribution in [0.3, 0.4) is 0 Å². The number of phenols is 1. The number of aromatic nitrogens is 2. The lowest BCUT2D eigenvalue weighted by atomic mass is 10.0. The van der Waals surface area contributed by atoms with Crippen molar-refractivity contribution in [1.82, 2.24) is 15.3 Å². The summed E-state index contributed by atoms with van der Waals surface area (Å²) >= 11 is 1.14. The van der Waals surface area contributed by atoms with E-state index in [1.807, 2.05) is 0 Å². The fourth-order valence-electron chi connectivity index (χ4n) is 3.33. The second-order valence-corrected chi connectivity index (χ2v) is 11.5. The van der Waals surface area contributed by atoms with Crippen LogP contribution in [0.1, 0.15) is 30.1 Å². The molecule has 1 saturated carbocycles. The maximum Gasteiger partial charge on any atom is 0.255 e. The molecule has 1 fully saturated rings. The quantitative estimate of drug-likeness (QED) is 0.322. The minimum absolute atomic E-state index is 0.0191. The Morgan fingerprint density at radius 2 is 1.82 bits per heavy atom. The van der Waals surface area contributed by atoms with E-state index in [-0.39, 0.29) is 45.8 Å². The predicted octanol–water partition coefficient (Wildman–Crippen LogP) is 2.07. The van der Waals surface area contributed by atoms with Crippen molar-refractivity contribution in [2.45, 2.75) is 41.0 Å². The van der Waals surface area contributed by atoms with Crippen LogP contribution in [-0.2, 0) is 14.6 Å². The van der Waals surface area contributed by atoms with Gasteiger partial charge in [0.25, 0.3) is 5.91 Å². The van der Waals surface area contributed by atoms with E-state index in [0.29, 0.717) is 12.8 Å². The molecule has 2 atom stereocenters. The number of thioether (sulfide) groups is 1. The largest absolute Gasteiger partial charge is 0.507 e. The Bertz CT molecular complexity index is 1100. The highest BCUT2D eigenvalue weighted by Gasteiger charge is 2.45. The summed E-state index contributed by atoms with van der Waals surface area (Å²) in [6.07, 6.45) is 1.28. The van der Waals surface area contributed by atoms with Gasteiger partial charge in [-0.15, -0.1) is 0 Å². The van der Waals surface area contributed by atoms with Gasteiger partial charge in [0.1, 0.15) is 5.75 Å². The molecule has 0 saturated heterocycles. The molecule has 1 aromatic carbocycles. The van der Waals surface area contributed by atoms with E-state index in [0.717, 1.165) is 11.8 Å². The molecule has 0 spiro atoms. The number of para-hydroxylation sites is 1. The van der Waals surface area contributed by atoms with Crippen molar-refractivity contribution in [1.29, 1.82) is 0 Å². The van der Waals surface area contributed by atoms with Gasteiger partial charge in [0.05, 0.1) is 47.7 Å². The minimum atomic E-state index is -3.40. The molecule has 2 N–H and O–H groups in total. The number of hydrogen-bond donors (Lipinski definition) is 2. The normalized spacial score (nSPS) is 16.4. The van der Waals surface area contributed by atoms with Crippen LogP contribution in [0, 0.1) is 0 Å². The molecule has 0 aliphatic heterocycles. The van der Waals surface area contributed by atoms with Crippen LogP contribution in [0.4, 0.5) is 0 Å². The Morgan fingerprint density at radius 1 is 1.21 bits per heavy atom. The van der Waals surface area contributed by atoms with Crippen molar-refractivity contribution < 1.29 is 32.5 Å². The summed E-state index contributed by atoms with van der Waals surface area (Å²) in [7, 11) is 0.960. The fraction of sp³-hybridized carbons (Fsp3) is 0.500. The summed E-state index contributed by atoms with van der Waals surface area (Å²) in [4.78, 5) is 21.4. The zero-order chi connectivity index (χ0) is 24.9. The maximum atomic E-state index is 12.8. The summed E-state index contributed by atoms with van der Waals surface area (Å²) in [6, 6.07) is 7.68. The Labute approximate surface area is 203 Å². The number of carbonyl (C=O) groups is 1. The molecule has 0 bridgehead atoms. The first-order valence-corrected chi connectivity index (χ1v) is 13.2. The van der Waals surface area contributed by atoms with Crippen LogP contribution < -0.4 is 14.8 Å². The summed E-state index contributed by atoms with van der Waals surface area (Å²) in [6.45, 7) is 1.71. The highest BCUT2D eigenvalue weighted by atomic mass is 32.2. The number of methoxy groups -OCH3 is 3. The number of amides is 1. The van der Waals surface area contributed by atoms with Crippen molar-refractivity contribution in [3.63, 3.8) is 0 Å². The Kier molecular flexibility index (Phi) is 8.26. The average molecular weight is 512 g/mol. The van der Waals surface area contributed by atoms with Crippen LogP contribution in [0.5, 0.6) is 17.5 Å². The van der Waals surface area contributed by atoms with E-state index in [4.69, 9.17) is 14.2 Å². The minimum Gasteiger partial charge on any atom is -0.507 e. The van der Waals surface area contributed by atoms with Gasteiger partial charge >= 0.3 is 0 Å². The molecule has 1 aliphatic carbocycles. The van der Waals surface area contributed by atoms with Gasteiger partial charge in [-0.25, -0.2) is 8.42 Å². The van der Waals surface area contributed by atoms with Crippen LogP contribution in [0.25, 0.3) is 0 Å². The number of aromatic hydroxyl groups is 1. The fourth-order valence-corrected chi connectivity index (χ4v) is 6.78. The Morgan fingerprint density at radius 3 is 2.35 bits per heavy atom. The zero-order valence-electron chi connectivity index (χ0n) is 19.5. The van der Waals surface area contributed by atoms with Gasteiger partial charge in [-0.3, -0.25) is 4.79 Å². The molecular formula is C22H29N3O7S2. The van der Waals surface area contributed by atoms with Crippen LogP contribution in [0.2, 0.25) is 0 Å². The molecule has 1 aliphatic rings. The lowest BCUT2D eigenvalue weighted by Crippen LogP contribution is -2.51. The molecule has 3 rings (SSSR count). The summed E-state index contributed by atoms with van der Waals surface area (Å²) in [5, 5.41) is 12.1. The molecule has 2 unspecified atom stereocenters. The molecule has 1 aromatic heterocycles. The summed E-state index contributed by atoms with van der Waals surface area (Å²) < 4.78 is 41.9.